The van der Waals surface area contributed by atoms with Gasteiger partial charge in [-0.25, -0.2) is 0 Å². The van der Waals surface area contributed by atoms with E-state index >= 15 is 0 Å². The SMILES string of the molecule is CCN(CC)CCC(N)CCCCB(O)O. The van der Waals surface area contributed by atoms with Crippen LogP contribution in [-0.4, -0.2) is 47.7 Å². The van der Waals surface area contributed by atoms with E-state index in [0.717, 1.165) is 45.3 Å². The molecule has 0 fully saturated rings. The average Bonchev–Trinajstić information content (AvgIpc) is 2.25. The standard InChI is InChI=1S/C11H27BN2O2/c1-3-14(4-2)10-8-11(13)7-5-6-9-12(15)16/h11,15-16H,3-10,13H2,1-2H3. The van der Waals surface area contributed by atoms with Gasteiger partial charge in [-0.1, -0.05) is 26.7 Å². The Morgan fingerprint density at radius 3 is 2.25 bits per heavy atom. The lowest BCUT2D eigenvalue weighted by Crippen LogP contribution is -2.30. The molecule has 4 N–H and O–H groups in total. The number of hydrogen-bond acceptors (Lipinski definition) is 4. The topological polar surface area (TPSA) is 69.7 Å². The minimum atomic E-state index is -1.16. The van der Waals surface area contributed by atoms with Crippen LogP contribution in [0.25, 0.3) is 0 Å². The van der Waals surface area contributed by atoms with Gasteiger partial charge in [0.2, 0.25) is 0 Å². The summed E-state index contributed by atoms with van der Waals surface area (Å²) in [5.41, 5.74) is 6.00. The van der Waals surface area contributed by atoms with Crippen molar-refractivity contribution in [2.75, 3.05) is 19.6 Å². The van der Waals surface area contributed by atoms with E-state index < -0.39 is 7.12 Å². The predicted octanol–water partition coefficient (Wildman–Crippen LogP) is 0.689. The molecule has 0 saturated carbocycles. The molecule has 96 valence electrons. The monoisotopic (exact) mass is 230 g/mol. The van der Waals surface area contributed by atoms with Crippen molar-refractivity contribution in [2.24, 2.45) is 5.73 Å². The second kappa shape index (κ2) is 10.1. The first-order chi connectivity index (χ1) is 7.60. The van der Waals surface area contributed by atoms with E-state index in [9.17, 15) is 0 Å². The van der Waals surface area contributed by atoms with Gasteiger partial charge in [0.25, 0.3) is 0 Å². The highest BCUT2D eigenvalue weighted by Gasteiger charge is 2.08. The molecule has 0 saturated heterocycles. The fourth-order valence-electron chi connectivity index (χ4n) is 1.77. The molecule has 16 heavy (non-hydrogen) atoms. The summed E-state index contributed by atoms with van der Waals surface area (Å²) in [7, 11) is -1.16. The Morgan fingerprint density at radius 2 is 1.75 bits per heavy atom. The third kappa shape index (κ3) is 9.15. The van der Waals surface area contributed by atoms with Crippen molar-refractivity contribution in [3.05, 3.63) is 0 Å². The molecule has 0 aliphatic carbocycles. The fraction of sp³-hybridized carbons (Fsp3) is 1.00. The van der Waals surface area contributed by atoms with Crippen LogP contribution < -0.4 is 5.73 Å². The van der Waals surface area contributed by atoms with E-state index in [1.54, 1.807) is 0 Å². The molecule has 0 amide bonds. The summed E-state index contributed by atoms with van der Waals surface area (Å²) < 4.78 is 0. The number of rotatable bonds is 10. The number of nitrogens with two attached hydrogens (primary N) is 1. The molecule has 1 unspecified atom stereocenters. The van der Waals surface area contributed by atoms with E-state index in [2.05, 4.69) is 18.7 Å². The zero-order chi connectivity index (χ0) is 12.4. The van der Waals surface area contributed by atoms with Crippen molar-refractivity contribution in [1.82, 2.24) is 4.90 Å². The molecule has 0 bridgehead atoms. The van der Waals surface area contributed by atoms with Gasteiger partial charge < -0.3 is 20.7 Å². The molecule has 0 aliphatic rings. The number of hydrogen-bond donors (Lipinski definition) is 3. The zero-order valence-corrected chi connectivity index (χ0v) is 10.7. The number of unbranched alkanes of at least 4 members (excludes halogenated alkanes) is 1. The van der Waals surface area contributed by atoms with Gasteiger partial charge in [0.15, 0.2) is 0 Å². The van der Waals surface area contributed by atoms with Gasteiger partial charge in [-0.05, 0) is 38.8 Å². The highest BCUT2D eigenvalue weighted by Crippen LogP contribution is 2.06. The maximum Gasteiger partial charge on any atom is 0.451 e. The summed E-state index contributed by atoms with van der Waals surface area (Å²) >= 11 is 0. The Balaban J connectivity index is 3.40. The second-order valence-corrected chi connectivity index (χ2v) is 4.34. The van der Waals surface area contributed by atoms with E-state index in [4.69, 9.17) is 15.8 Å². The maximum absolute atomic E-state index is 8.68. The molecule has 0 radical (unpaired) electrons. The van der Waals surface area contributed by atoms with Crippen molar-refractivity contribution >= 4 is 7.12 Å². The molecule has 0 heterocycles. The van der Waals surface area contributed by atoms with Crippen molar-refractivity contribution in [3.8, 4) is 0 Å². The van der Waals surface area contributed by atoms with Crippen LogP contribution in [0.5, 0.6) is 0 Å². The summed E-state index contributed by atoms with van der Waals surface area (Å²) in [6.45, 7) is 7.56. The van der Waals surface area contributed by atoms with Gasteiger partial charge in [-0.3, -0.25) is 0 Å². The minimum absolute atomic E-state index is 0.247. The Bertz CT molecular complexity index is 155. The molecule has 0 rings (SSSR count). The fourth-order valence-corrected chi connectivity index (χ4v) is 1.77. The summed E-state index contributed by atoms with van der Waals surface area (Å²) in [6, 6.07) is 0.247. The lowest BCUT2D eigenvalue weighted by atomic mass is 9.83. The van der Waals surface area contributed by atoms with Gasteiger partial charge in [-0.15, -0.1) is 0 Å². The van der Waals surface area contributed by atoms with Crippen molar-refractivity contribution in [3.63, 3.8) is 0 Å². The number of nitrogens with zero attached hydrogens (tertiary/aromatic N) is 1. The predicted molar refractivity (Wildman–Crippen MR) is 69.2 cm³/mol. The van der Waals surface area contributed by atoms with Gasteiger partial charge >= 0.3 is 7.12 Å². The normalized spacial score (nSPS) is 13.1. The van der Waals surface area contributed by atoms with Crippen molar-refractivity contribution in [1.29, 1.82) is 0 Å². The van der Waals surface area contributed by atoms with Crippen molar-refractivity contribution in [2.45, 2.75) is 51.9 Å². The molecule has 0 aromatic heterocycles. The largest absolute Gasteiger partial charge is 0.451 e. The lowest BCUT2D eigenvalue weighted by Gasteiger charge is -2.20. The Hall–Kier alpha value is -0.0951. The van der Waals surface area contributed by atoms with E-state index in [0.29, 0.717) is 6.32 Å². The molecule has 0 aliphatic heterocycles. The Morgan fingerprint density at radius 1 is 1.12 bits per heavy atom. The van der Waals surface area contributed by atoms with Gasteiger partial charge in [0.05, 0.1) is 0 Å². The maximum atomic E-state index is 8.68. The summed E-state index contributed by atoms with van der Waals surface area (Å²) in [6.07, 6.45) is 4.30. The van der Waals surface area contributed by atoms with Gasteiger partial charge in [-0.2, -0.15) is 0 Å². The molecular weight excluding hydrogens is 203 g/mol. The van der Waals surface area contributed by atoms with E-state index in [-0.39, 0.29) is 6.04 Å². The summed E-state index contributed by atoms with van der Waals surface area (Å²) in [4.78, 5) is 2.37. The van der Waals surface area contributed by atoms with E-state index in [1.165, 1.54) is 0 Å². The highest BCUT2D eigenvalue weighted by atomic mass is 16.4. The van der Waals surface area contributed by atoms with Crippen LogP contribution in [-0.2, 0) is 0 Å². The average molecular weight is 230 g/mol. The van der Waals surface area contributed by atoms with Gasteiger partial charge in [0, 0.05) is 6.04 Å². The molecule has 0 spiro atoms. The summed E-state index contributed by atoms with van der Waals surface area (Å²) in [5.74, 6) is 0. The van der Waals surface area contributed by atoms with Gasteiger partial charge in [0.1, 0.15) is 0 Å². The van der Waals surface area contributed by atoms with Crippen LogP contribution in [0.3, 0.4) is 0 Å². The Labute approximate surface area is 100.0 Å². The van der Waals surface area contributed by atoms with Crippen LogP contribution in [0.15, 0.2) is 0 Å². The third-order valence-corrected chi connectivity index (χ3v) is 3.00. The van der Waals surface area contributed by atoms with Crippen LogP contribution in [0.2, 0.25) is 6.32 Å². The highest BCUT2D eigenvalue weighted by molar-refractivity contribution is 6.40. The van der Waals surface area contributed by atoms with Crippen LogP contribution in [0.4, 0.5) is 0 Å². The zero-order valence-electron chi connectivity index (χ0n) is 10.7. The Kier molecular flexibility index (Phi) is 10.0. The second-order valence-electron chi connectivity index (χ2n) is 4.34. The van der Waals surface area contributed by atoms with Crippen molar-refractivity contribution < 1.29 is 10.0 Å². The molecule has 5 heteroatoms. The first kappa shape index (κ1) is 15.9. The lowest BCUT2D eigenvalue weighted by molar-refractivity contribution is 0.287. The molecule has 1 atom stereocenters. The quantitative estimate of drug-likeness (QED) is 0.381. The molecule has 0 aromatic rings. The van der Waals surface area contributed by atoms with E-state index in [1.807, 2.05) is 0 Å². The smallest absolute Gasteiger partial charge is 0.427 e. The van der Waals surface area contributed by atoms with Crippen LogP contribution in [0, 0.1) is 0 Å². The first-order valence-corrected chi connectivity index (χ1v) is 6.44. The molecule has 4 nitrogen and oxygen atoms in total. The molecular formula is C11H27BN2O2. The summed E-state index contributed by atoms with van der Waals surface area (Å²) in [5, 5.41) is 17.4. The first-order valence-electron chi connectivity index (χ1n) is 6.44. The van der Waals surface area contributed by atoms with Crippen LogP contribution >= 0.6 is 0 Å². The third-order valence-electron chi connectivity index (χ3n) is 3.00. The van der Waals surface area contributed by atoms with Crippen LogP contribution in [0.1, 0.15) is 39.5 Å². The minimum Gasteiger partial charge on any atom is -0.427 e. The molecule has 0 aromatic carbocycles.